The van der Waals surface area contributed by atoms with Gasteiger partial charge >= 0.3 is 0 Å². The topological polar surface area (TPSA) is 0 Å². The Morgan fingerprint density at radius 3 is 2.33 bits per heavy atom. The molecule has 15 heavy (non-hydrogen) atoms. The lowest BCUT2D eigenvalue weighted by Crippen LogP contribution is -2.16. The SMILES string of the molecule is [CH2]C1CCCCC1CCCCCCCC. The quantitative estimate of drug-likeness (QED) is 0.494. The molecule has 1 saturated carbocycles. The van der Waals surface area contributed by atoms with Gasteiger partial charge in [-0.1, -0.05) is 77.6 Å². The fraction of sp³-hybridized carbons (Fsp3) is 0.933. The third kappa shape index (κ3) is 5.58. The average Bonchev–Trinajstić information content (AvgIpc) is 2.25. The first-order valence-corrected chi connectivity index (χ1v) is 7.17. The van der Waals surface area contributed by atoms with Crippen molar-refractivity contribution in [3.63, 3.8) is 0 Å². The number of rotatable bonds is 7. The highest BCUT2D eigenvalue weighted by Gasteiger charge is 2.20. The summed E-state index contributed by atoms with van der Waals surface area (Å²) in [4.78, 5) is 0. The van der Waals surface area contributed by atoms with E-state index in [-0.39, 0.29) is 0 Å². The number of hydrogen-bond donors (Lipinski definition) is 0. The Labute approximate surface area is 96.8 Å². The zero-order chi connectivity index (χ0) is 10.9. The molecule has 0 spiro atoms. The lowest BCUT2D eigenvalue weighted by molar-refractivity contribution is 0.259. The molecular weight excluding hydrogens is 180 g/mol. The van der Waals surface area contributed by atoms with Gasteiger partial charge < -0.3 is 0 Å². The van der Waals surface area contributed by atoms with Crippen molar-refractivity contribution in [1.82, 2.24) is 0 Å². The van der Waals surface area contributed by atoms with E-state index in [1.807, 2.05) is 0 Å². The van der Waals surface area contributed by atoms with Gasteiger partial charge in [-0.05, 0) is 18.8 Å². The smallest absolute Gasteiger partial charge is 0.0386 e. The molecule has 1 aliphatic carbocycles. The van der Waals surface area contributed by atoms with Crippen LogP contribution in [0.25, 0.3) is 0 Å². The van der Waals surface area contributed by atoms with E-state index in [1.54, 1.807) is 0 Å². The summed E-state index contributed by atoms with van der Waals surface area (Å²) >= 11 is 0. The van der Waals surface area contributed by atoms with Gasteiger partial charge in [-0.3, -0.25) is 0 Å². The molecule has 0 nitrogen and oxygen atoms in total. The Morgan fingerprint density at radius 1 is 0.933 bits per heavy atom. The van der Waals surface area contributed by atoms with Gasteiger partial charge in [-0.25, -0.2) is 0 Å². The molecule has 0 bridgehead atoms. The molecule has 2 unspecified atom stereocenters. The zero-order valence-corrected chi connectivity index (χ0v) is 10.6. The average molecular weight is 209 g/mol. The molecule has 1 fully saturated rings. The highest BCUT2D eigenvalue weighted by molar-refractivity contribution is 4.76. The van der Waals surface area contributed by atoms with Crippen molar-refractivity contribution < 1.29 is 0 Å². The van der Waals surface area contributed by atoms with E-state index < -0.39 is 0 Å². The van der Waals surface area contributed by atoms with Crippen LogP contribution in [-0.2, 0) is 0 Å². The summed E-state index contributed by atoms with van der Waals surface area (Å²) in [5, 5.41) is 0. The summed E-state index contributed by atoms with van der Waals surface area (Å²) in [6.45, 7) is 6.59. The first-order chi connectivity index (χ1) is 7.34. The summed E-state index contributed by atoms with van der Waals surface area (Å²) in [5.74, 6) is 1.74. The first kappa shape index (κ1) is 13.1. The van der Waals surface area contributed by atoms with Crippen molar-refractivity contribution in [2.75, 3.05) is 0 Å². The first-order valence-electron chi connectivity index (χ1n) is 7.17. The van der Waals surface area contributed by atoms with E-state index in [1.165, 1.54) is 70.6 Å². The van der Waals surface area contributed by atoms with E-state index >= 15 is 0 Å². The van der Waals surface area contributed by atoms with Crippen LogP contribution in [-0.4, -0.2) is 0 Å². The van der Waals surface area contributed by atoms with Crippen LogP contribution in [0.4, 0.5) is 0 Å². The van der Waals surface area contributed by atoms with Gasteiger partial charge in [0, 0.05) is 0 Å². The molecule has 1 radical (unpaired) electrons. The molecule has 2 atom stereocenters. The van der Waals surface area contributed by atoms with Crippen LogP contribution < -0.4 is 0 Å². The van der Waals surface area contributed by atoms with Crippen molar-refractivity contribution in [2.45, 2.75) is 77.6 Å². The molecule has 0 aromatic heterocycles. The predicted molar refractivity (Wildman–Crippen MR) is 68.8 cm³/mol. The molecule has 0 amide bonds. The molecule has 89 valence electrons. The van der Waals surface area contributed by atoms with Gasteiger partial charge in [0.25, 0.3) is 0 Å². The molecular formula is C15H29. The molecule has 0 N–H and O–H groups in total. The van der Waals surface area contributed by atoms with Crippen LogP contribution >= 0.6 is 0 Å². The molecule has 0 aromatic rings. The second-order valence-corrected chi connectivity index (χ2v) is 5.36. The van der Waals surface area contributed by atoms with Crippen molar-refractivity contribution in [3.05, 3.63) is 6.92 Å². The minimum Gasteiger partial charge on any atom is -0.0654 e. The minimum absolute atomic E-state index is 0.773. The van der Waals surface area contributed by atoms with Crippen LogP contribution in [0.1, 0.15) is 77.6 Å². The van der Waals surface area contributed by atoms with E-state index in [4.69, 9.17) is 0 Å². The fourth-order valence-corrected chi connectivity index (χ4v) is 2.85. The molecule has 0 saturated heterocycles. The third-order valence-corrected chi connectivity index (χ3v) is 3.99. The van der Waals surface area contributed by atoms with Crippen LogP contribution in [0.2, 0.25) is 0 Å². The summed E-state index contributed by atoms with van der Waals surface area (Å²) < 4.78 is 0. The van der Waals surface area contributed by atoms with E-state index in [9.17, 15) is 0 Å². The maximum absolute atomic E-state index is 4.31. The van der Waals surface area contributed by atoms with Crippen LogP contribution in [0.15, 0.2) is 0 Å². The highest BCUT2D eigenvalue weighted by Crippen LogP contribution is 2.32. The zero-order valence-electron chi connectivity index (χ0n) is 10.6. The molecule has 0 aliphatic heterocycles. The maximum Gasteiger partial charge on any atom is -0.0386 e. The Morgan fingerprint density at radius 2 is 1.60 bits per heavy atom. The van der Waals surface area contributed by atoms with Crippen molar-refractivity contribution >= 4 is 0 Å². The van der Waals surface area contributed by atoms with Gasteiger partial charge in [-0.15, -0.1) is 0 Å². The molecule has 1 aliphatic rings. The Hall–Kier alpha value is 0. The van der Waals surface area contributed by atoms with Gasteiger partial charge in [-0.2, -0.15) is 0 Å². The Bertz CT molecular complexity index is 139. The molecule has 0 aromatic carbocycles. The standard InChI is InChI=1S/C15H29/c1-3-4-5-6-7-8-12-15-13-10-9-11-14(15)2/h14-15H,2-13H2,1H3. The summed E-state index contributed by atoms with van der Waals surface area (Å²) in [5.41, 5.74) is 0. The lowest BCUT2D eigenvalue weighted by Gasteiger charge is -2.28. The summed E-state index contributed by atoms with van der Waals surface area (Å²) in [6.07, 6.45) is 15.8. The highest BCUT2D eigenvalue weighted by atomic mass is 14.3. The van der Waals surface area contributed by atoms with E-state index in [0.717, 1.165) is 11.8 Å². The monoisotopic (exact) mass is 209 g/mol. The molecule has 0 heterocycles. The molecule has 0 heteroatoms. The third-order valence-electron chi connectivity index (χ3n) is 3.99. The normalized spacial score (nSPS) is 26.8. The van der Waals surface area contributed by atoms with Crippen LogP contribution in [0.3, 0.4) is 0 Å². The van der Waals surface area contributed by atoms with Crippen molar-refractivity contribution in [2.24, 2.45) is 11.8 Å². The summed E-state index contributed by atoms with van der Waals surface area (Å²) in [7, 11) is 0. The second kappa shape index (κ2) is 8.19. The summed E-state index contributed by atoms with van der Waals surface area (Å²) in [6, 6.07) is 0. The number of unbranched alkanes of at least 4 members (excludes halogenated alkanes) is 5. The van der Waals surface area contributed by atoms with Crippen LogP contribution in [0, 0.1) is 18.8 Å². The molecule has 1 rings (SSSR count). The van der Waals surface area contributed by atoms with Gasteiger partial charge in [0.2, 0.25) is 0 Å². The largest absolute Gasteiger partial charge is 0.0654 e. The second-order valence-electron chi connectivity index (χ2n) is 5.36. The fourth-order valence-electron chi connectivity index (χ4n) is 2.85. The van der Waals surface area contributed by atoms with Gasteiger partial charge in [0.1, 0.15) is 0 Å². The lowest BCUT2D eigenvalue weighted by atomic mass is 9.78. The van der Waals surface area contributed by atoms with E-state index in [2.05, 4.69) is 13.8 Å². The number of hydrogen-bond acceptors (Lipinski definition) is 0. The maximum atomic E-state index is 4.31. The van der Waals surface area contributed by atoms with Crippen molar-refractivity contribution in [3.8, 4) is 0 Å². The van der Waals surface area contributed by atoms with Gasteiger partial charge in [0.15, 0.2) is 0 Å². The van der Waals surface area contributed by atoms with Crippen LogP contribution in [0.5, 0.6) is 0 Å². The predicted octanol–water partition coefficient (Wildman–Crippen LogP) is 5.38. The van der Waals surface area contributed by atoms with E-state index in [0.29, 0.717) is 0 Å². The Kier molecular flexibility index (Phi) is 7.13. The van der Waals surface area contributed by atoms with Crippen molar-refractivity contribution in [1.29, 1.82) is 0 Å². The van der Waals surface area contributed by atoms with Gasteiger partial charge in [0.05, 0.1) is 0 Å². The minimum atomic E-state index is 0.773. The Balaban J connectivity index is 1.94.